The molecule has 0 aromatic rings. The van der Waals surface area contributed by atoms with Gasteiger partial charge in [0.25, 0.3) is 0 Å². The summed E-state index contributed by atoms with van der Waals surface area (Å²) in [7, 11) is -3.30. The third-order valence-corrected chi connectivity index (χ3v) is 4.01. The molecule has 0 saturated carbocycles. The molecular weight excluding hydrogens is 220 g/mol. The molecule has 1 rings (SSSR count). The summed E-state index contributed by atoms with van der Waals surface area (Å²) in [5.74, 6) is -0.0193. The van der Waals surface area contributed by atoms with Crippen LogP contribution in [-0.2, 0) is 19.5 Å². The summed E-state index contributed by atoms with van der Waals surface area (Å²) in [5, 5.41) is 0. The molecule has 1 atom stereocenters. The van der Waals surface area contributed by atoms with Gasteiger partial charge in [-0.25, -0.2) is 8.42 Å². The van der Waals surface area contributed by atoms with Crippen molar-refractivity contribution in [2.45, 2.75) is 13.1 Å². The van der Waals surface area contributed by atoms with Gasteiger partial charge in [-0.1, -0.05) is 0 Å². The van der Waals surface area contributed by atoms with Crippen molar-refractivity contribution in [3.05, 3.63) is 0 Å². The second-order valence-electron chi connectivity index (χ2n) is 3.27. The van der Waals surface area contributed by atoms with E-state index in [4.69, 9.17) is 15.2 Å². The Bertz CT molecular complexity index is 280. The minimum Gasteiger partial charge on any atom is -0.381 e. The van der Waals surface area contributed by atoms with Crippen LogP contribution in [0, 0.1) is 0 Å². The second kappa shape index (κ2) is 5.76. The SMILES string of the molecule is CCOCCS(=O)(=O)N1CCOCC1N. The largest absolute Gasteiger partial charge is 0.381 e. The number of ether oxygens (including phenoxy) is 2. The molecule has 1 heterocycles. The summed E-state index contributed by atoms with van der Waals surface area (Å²) in [6, 6.07) is 0. The standard InChI is InChI=1S/C8H18N2O4S/c1-2-13-5-6-15(11,12)10-3-4-14-7-8(10)9/h8H,2-7,9H2,1H3. The number of nitrogens with two attached hydrogens (primary N) is 1. The highest BCUT2D eigenvalue weighted by atomic mass is 32.2. The van der Waals surface area contributed by atoms with Gasteiger partial charge in [0.1, 0.15) is 0 Å². The van der Waals surface area contributed by atoms with Crippen molar-refractivity contribution in [2.24, 2.45) is 5.73 Å². The van der Waals surface area contributed by atoms with E-state index in [1.807, 2.05) is 6.92 Å². The third kappa shape index (κ3) is 3.69. The van der Waals surface area contributed by atoms with Crippen LogP contribution < -0.4 is 5.73 Å². The zero-order valence-corrected chi connectivity index (χ0v) is 9.70. The molecule has 2 N–H and O–H groups in total. The Morgan fingerprint density at radius 2 is 2.33 bits per heavy atom. The highest BCUT2D eigenvalue weighted by Crippen LogP contribution is 2.09. The number of morpholine rings is 1. The van der Waals surface area contributed by atoms with Crippen LogP contribution in [0.5, 0.6) is 0 Å². The second-order valence-corrected chi connectivity index (χ2v) is 5.31. The molecule has 1 aliphatic rings. The first-order valence-corrected chi connectivity index (χ1v) is 6.59. The first kappa shape index (κ1) is 12.9. The summed E-state index contributed by atoms with van der Waals surface area (Å²) in [6.45, 7) is 3.55. The van der Waals surface area contributed by atoms with E-state index >= 15 is 0 Å². The average molecular weight is 238 g/mol. The lowest BCUT2D eigenvalue weighted by atomic mass is 10.4. The van der Waals surface area contributed by atoms with Gasteiger partial charge in [-0.2, -0.15) is 4.31 Å². The van der Waals surface area contributed by atoms with E-state index in [1.54, 1.807) is 0 Å². The van der Waals surface area contributed by atoms with Gasteiger partial charge in [0, 0.05) is 13.2 Å². The zero-order chi connectivity index (χ0) is 11.3. The lowest BCUT2D eigenvalue weighted by Gasteiger charge is -2.31. The van der Waals surface area contributed by atoms with Crippen LogP contribution in [0.15, 0.2) is 0 Å². The van der Waals surface area contributed by atoms with E-state index < -0.39 is 16.2 Å². The fraction of sp³-hybridized carbons (Fsp3) is 1.00. The van der Waals surface area contributed by atoms with Crippen molar-refractivity contribution in [2.75, 3.05) is 38.7 Å². The Morgan fingerprint density at radius 1 is 1.60 bits per heavy atom. The molecule has 1 fully saturated rings. The Kier molecular flexibility index (Phi) is 4.94. The Balaban J connectivity index is 2.51. The quantitative estimate of drug-likeness (QED) is 0.619. The van der Waals surface area contributed by atoms with Crippen LogP contribution in [0.4, 0.5) is 0 Å². The average Bonchev–Trinajstić information content (AvgIpc) is 2.18. The van der Waals surface area contributed by atoms with Crippen LogP contribution in [0.3, 0.4) is 0 Å². The van der Waals surface area contributed by atoms with E-state index in [0.29, 0.717) is 19.8 Å². The normalized spacial score (nSPS) is 24.3. The Hall–Kier alpha value is -0.210. The number of hydrogen-bond donors (Lipinski definition) is 1. The summed E-state index contributed by atoms with van der Waals surface area (Å²) in [4.78, 5) is 0. The molecule has 0 aliphatic carbocycles. The van der Waals surface area contributed by atoms with Crippen LogP contribution in [0.1, 0.15) is 6.92 Å². The molecule has 15 heavy (non-hydrogen) atoms. The molecule has 90 valence electrons. The van der Waals surface area contributed by atoms with Crippen molar-refractivity contribution in [3.8, 4) is 0 Å². The fourth-order valence-electron chi connectivity index (χ4n) is 1.38. The van der Waals surface area contributed by atoms with Gasteiger partial charge in [-0.05, 0) is 6.92 Å². The smallest absolute Gasteiger partial charge is 0.217 e. The number of hydrogen-bond acceptors (Lipinski definition) is 5. The minimum absolute atomic E-state index is 0.0193. The maximum Gasteiger partial charge on any atom is 0.217 e. The molecule has 1 aliphatic heterocycles. The summed E-state index contributed by atoms with van der Waals surface area (Å²) in [6.07, 6.45) is -0.564. The van der Waals surface area contributed by atoms with Gasteiger partial charge in [-0.15, -0.1) is 0 Å². The number of rotatable bonds is 5. The van der Waals surface area contributed by atoms with Crippen LogP contribution in [0.25, 0.3) is 0 Å². The topological polar surface area (TPSA) is 81.9 Å². The highest BCUT2D eigenvalue weighted by molar-refractivity contribution is 7.89. The third-order valence-electron chi connectivity index (χ3n) is 2.16. The summed E-state index contributed by atoms with van der Waals surface area (Å²) >= 11 is 0. The lowest BCUT2D eigenvalue weighted by molar-refractivity contribution is 0.0346. The first-order chi connectivity index (χ1) is 7.08. The van der Waals surface area contributed by atoms with Gasteiger partial charge >= 0.3 is 0 Å². The van der Waals surface area contributed by atoms with Crippen LogP contribution in [0.2, 0.25) is 0 Å². The zero-order valence-electron chi connectivity index (χ0n) is 8.89. The van der Waals surface area contributed by atoms with Gasteiger partial charge in [0.2, 0.25) is 10.0 Å². The van der Waals surface area contributed by atoms with Gasteiger partial charge in [0.15, 0.2) is 0 Å². The molecule has 0 amide bonds. The van der Waals surface area contributed by atoms with Crippen molar-refractivity contribution in [1.29, 1.82) is 0 Å². The number of sulfonamides is 1. The fourth-order valence-corrected chi connectivity index (χ4v) is 2.77. The first-order valence-electron chi connectivity index (χ1n) is 4.98. The molecule has 6 nitrogen and oxygen atoms in total. The molecule has 0 radical (unpaired) electrons. The summed E-state index contributed by atoms with van der Waals surface area (Å²) < 4.78 is 34.9. The molecule has 1 unspecified atom stereocenters. The molecule has 0 spiro atoms. The van der Waals surface area contributed by atoms with E-state index in [-0.39, 0.29) is 19.0 Å². The van der Waals surface area contributed by atoms with Gasteiger partial charge in [0.05, 0.1) is 31.7 Å². The predicted octanol–water partition coefficient (Wildman–Crippen LogP) is -1.03. The molecular formula is C8H18N2O4S. The lowest BCUT2D eigenvalue weighted by Crippen LogP contribution is -2.54. The van der Waals surface area contributed by atoms with Crippen molar-refractivity contribution < 1.29 is 17.9 Å². The van der Waals surface area contributed by atoms with Crippen molar-refractivity contribution in [3.63, 3.8) is 0 Å². The molecule has 0 bridgehead atoms. The van der Waals surface area contributed by atoms with Crippen LogP contribution in [-0.4, -0.2) is 57.6 Å². The van der Waals surface area contributed by atoms with Crippen molar-refractivity contribution in [1.82, 2.24) is 4.31 Å². The summed E-state index contributed by atoms with van der Waals surface area (Å²) in [5.41, 5.74) is 5.65. The van der Waals surface area contributed by atoms with E-state index in [1.165, 1.54) is 4.31 Å². The maximum atomic E-state index is 11.8. The Labute approximate surface area is 90.4 Å². The van der Waals surface area contributed by atoms with E-state index in [2.05, 4.69) is 0 Å². The monoisotopic (exact) mass is 238 g/mol. The van der Waals surface area contributed by atoms with Crippen molar-refractivity contribution >= 4 is 10.0 Å². The van der Waals surface area contributed by atoms with E-state index in [9.17, 15) is 8.42 Å². The Morgan fingerprint density at radius 3 is 2.93 bits per heavy atom. The van der Waals surface area contributed by atoms with Gasteiger partial charge < -0.3 is 15.2 Å². The predicted molar refractivity (Wildman–Crippen MR) is 55.8 cm³/mol. The minimum atomic E-state index is -3.30. The van der Waals surface area contributed by atoms with Crippen LogP contribution >= 0.6 is 0 Å². The number of nitrogens with zero attached hydrogens (tertiary/aromatic N) is 1. The molecule has 7 heteroatoms. The molecule has 1 saturated heterocycles. The molecule has 0 aromatic carbocycles. The van der Waals surface area contributed by atoms with Gasteiger partial charge in [-0.3, -0.25) is 0 Å². The molecule has 0 aromatic heterocycles. The van der Waals surface area contributed by atoms with E-state index in [0.717, 1.165) is 0 Å². The highest BCUT2D eigenvalue weighted by Gasteiger charge is 2.29. The maximum absolute atomic E-state index is 11.8.